The van der Waals surface area contributed by atoms with Gasteiger partial charge in [0.25, 0.3) is 11.8 Å². The van der Waals surface area contributed by atoms with Gasteiger partial charge in [0.2, 0.25) is 24.2 Å². The van der Waals surface area contributed by atoms with E-state index in [0.29, 0.717) is 17.5 Å². The number of aryl methyl sites for hydroxylation is 1. The van der Waals surface area contributed by atoms with E-state index in [1.54, 1.807) is 88.4 Å². The van der Waals surface area contributed by atoms with Gasteiger partial charge in [-0.2, -0.15) is 8.42 Å². The second-order valence-corrected chi connectivity index (χ2v) is 17.8. The van der Waals surface area contributed by atoms with Gasteiger partial charge >= 0.3 is 22.1 Å². The Morgan fingerprint density at radius 1 is 1.03 bits per heavy atom. The number of oxime groups is 1. The number of fused-ring (bicyclic) bond motifs is 1. The monoisotopic (exact) mass is 863 g/mol. The highest BCUT2D eigenvalue weighted by molar-refractivity contribution is 7.92. The van der Waals surface area contributed by atoms with Gasteiger partial charge in [-0.15, -0.1) is 11.3 Å². The largest absolute Gasteiger partial charge is 0.614 e. The van der Waals surface area contributed by atoms with Crippen LogP contribution in [0.5, 0.6) is 0 Å². The lowest BCUT2D eigenvalue weighted by Gasteiger charge is -2.48. The molecule has 59 heavy (non-hydrogen) atoms. The number of amides is 3. The normalized spacial score (nSPS) is 18.0. The number of benzene rings is 3. The molecule has 0 aliphatic carbocycles. The summed E-state index contributed by atoms with van der Waals surface area (Å²) in [4.78, 5) is 75.3. The molecule has 1 fully saturated rings. The number of carbonyl (C=O) groups excluding carboxylic acids is 5. The van der Waals surface area contributed by atoms with Crippen LogP contribution in [0.3, 0.4) is 0 Å². The number of rotatable bonds is 15. The second-order valence-electron chi connectivity index (χ2n) is 13.9. The maximum absolute atomic E-state index is 14.4. The maximum atomic E-state index is 14.4. The van der Waals surface area contributed by atoms with Crippen molar-refractivity contribution in [3.05, 3.63) is 124 Å². The number of nitrogens with zero attached hydrogens (tertiary/aromatic N) is 3. The molecule has 308 valence electrons. The number of ether oxygens (including phenoxy) is 2. The van der Waals surface area contributed by atoms with Crippen molar-refractivity contribution in [3.63, 3.8) is 0 Å². The zero-order chi connectivity index (χ0) is 42.5. The summed E-state index contributed by atoms with van der Waals surface area (Å²) in [5, 5.41) is 8.57. The fourth-order valence-electron chi connectivity index (χ4n) is 5.86. The Morgan fingerprint density at radius 3 is 2.25 bits per heavy atom. The molecule has 3 amide bonds. The average molecular weight is 864 g/mol. The van der Waals surface area contributed by atoms with Crippen molar-refractivity contribution in [1.82, 2.24) is 15.2 Å². The summed E-state index contributed by atoms with van der Waals surface area (Å²) >= 11 is -1.25. The van der Waals surface area contributed by atoms with Gasteiger partial charge in [0.15, 0.2) is 34.4 Å². The minimum atomic E-state index is -4.64. The lowest BCUT2D eigenvalue weighted by Crippen LogP contribution is -2.75. The van der Waals surface area contributed by atoms with Gasteiger partial charge in [-0.1, -0.05) is 83.5 Å². The Bertz CT molecular complexity index is 2360. The van der Waals surface area contributed by atoms with Crippen LogP contribution in [0, 0.1) is 6.92 Å². The van der Waals surface area contributed by atoms with Crippen LogP contribution in [0.2, 0.25) is 0 Å². The van der Waals surface area contributed by atoms with E-state index in [-0.39, 0.29) is 15.7 Å². The Kier molecular flexibility index (Phi) is 12.8. The molecule has 3 atom stereocenters. The van der Waals surface area contributed by atoms with Gasteiger partial charge in [-0.05, 0) is 62.1 Å². The predicted molar refractivity (Wildman–Crippen MR) is 213 cm³/mol. The minimum Gasteiger partial charge on any atom is -0.614 e. The van der Waals surface area contributed by atoms with Gasteiger partial charge in [0, 0.05) is 5.38 Å². The Morgan fingerprint density at radius 2 is 1.66 bits per heavy atom. The number of hydrogen-bond donors (Lipinski definition) is 2. The number of carbonyl (C=O) groups is 5. The number of thiazole rings is 1. The lowest BCUT2D eigenvalue weighted by molar-refractivity contribution is -0.160. The van der Waals surface area contributed by atoms with E-state index in [2.05, 4.69) is 20.8 Å². The number of hydrogen-bond acceptors (Lipinski definition) is 15. The van der Waals surface area contributed by atoms with Gasteiger partial charge in [0.05, 0.1) is 0 Å². The second kappa shape index (κ2) is 17.8. The first kappa shape index (κ1) is 42.5. The Hall–Kier alpha value is -6.09. The van der Waals surface area contributed by atoms with Crippen molar-refractivity contribution in [2.75, 3.05) is 17.7 Å². The molecule has 2 N–H and O–H groups in total. The molecule has 20 heteroatoms. The van der Waals surface area contributed by atoms with Crippen molar-refractivity contribution in [2.24, 2.45) is 5.16 Å². The Labute approximate surface area is 345 Å². The van der Waals surface area contributed by atoms with Gasteiger partial charge in [-0.3, -0.25) is 19.3 Å². The molecule has 0 spiro atoms. The zero-order valence-corrected chi connectivity index (χ0v) is 34.3. The van der Waals surface area contributed by atoms with E-state index in [1.807, 2.05) is 0 Å². The van der Waals surface area contributed by atoms with Crippen LogP contribution in [0.4, 0.5) is 5.13 Å². The summed E-state index contributed by atoms with van der Waals surface area (Å²) < 4.78 is 57.7. The molecule has 2 unspecified atom stereocenters. The molecule has 6 rings (SSSR count). The van der Waals surface area contributed by atoms with E-state index in [9.17, 15) is 36.9 Å². The van der Waals surface area contributed by atoms with Gasteiger partial charge in [-0.25, -0.2) is 14.6 Å². The van der Waals surface area contributed by atoms with Crippen LogP contribution in [-0.4, -0.2) is 88.1 Å². The van der Waals surface area contributed by atoms with Crippen molar-refractivity contribution < 1.29 is 55.4 Å². The molecule has 17 nitrogen and oxygen atoms in total. The summed E-state index contributed by atoms with van der Waals surface area (Å²) in [6, 6.07) is 21.5. The van der Waals surface area contributed by atoms with Gasteiger partial charge < -0.3 is 33.7 Å². The van der Waals surface area contributed by atoms with E-state index < -0.39 is 97.7 Å². The molecule has 2 aliphatic heterocycles. The molecular formula is C39H37N5O12S3. The summed E-state index contributed by atoms with van der Waals surface area (Å²) in [6.07, 6.45) is -0.679. The van der Waals surface area contributed by atoms with Crippen molar-refractivity contribution >= 4 is 73.6 Å². The molecule has 0 saturated carbocycles. The van der Waals surface area contributed by atoms with Crippen molar-refractivity contribution in [2.45, 2.75) is 55.7 Å². The maximum Gasteiger partial charge on any atom is 0.359 e. The van der Waals surface area contributed by atoms with Crippen LogP contribution in [-0.2, 0) is 63.8 Å². The number of nitrogens with one attached hydrogen (secondary N) is 2. The smallest absolute Gasteiger partial charge is 0.359 e. The molecule has 3 heterocycles. The molecule has 2 aliphatic rings. The van der Waals surface area contributed by atoms with Crippen LogP contribution in [0.15, 0.2) is 112 Å². The van der Waals surface area contributed by atoms with Crippen LogP contribution < -0.4 is 10.6 Å². The molecule has 1 saturated heterocycles. The Balaban J connectivity index is 1.33. The first-order chi connectivity index (χ1) is 28.1. The third kappa shape index (κ3) is 9.97. The first-order valence-corrected chi connectivity index (χ1v) is 21.4. The third-order valence-corrected chi connectivity index (χ3v) is 12.0. The van der Waals surface area contributed by atoms with Crippen molar-refractivity contribution in [3.8, 4) is 0 Å². The molecule has 4 aromatic rings. The topological polar surface area (TPSA) is 232 Å². The highest BCUT2D eigenvalue weighted by Crippen LogP contribution is 2.40. The zero-order valence-electron chi connectivity index (χ0n) is 31.8. The first-order valence-electron chi connectivity index (χ1n) is 17.7. The van der Waals surface area contributed by atoms with E-state index in [4.69, 9.17) is 18.5 Å². The highest BCUT2D eigenvalue weighted by atomic mass is 32.2. The molecule has 3 aromatic carbocycles. The molecule has 0 radical (unpaired) electrons. The number of β-lactam (4-membered cyclic amide) rings is 1. The quantitative estimate of drug-likeness (QED) is 0.0332. The fourth-order valence-corrected chi connectivity index (χ4v) is 9.12. The van der Waals surface area contributed by atoms with E-state index in [0.717, 1.165) is 21.8 Å². The van der Waals surface area contributed by atoms with Crippen LogP contribution >= 0.6 is 11.3 Å². The summed E-state index contributed by atoms with van der Waals surface area (Å²) in [5.41, 5.74) is -0.272. The number of aromatic nitrogens is 1. The van der Waals surface area contributed by atoms with Crippen molar-refractivity contribution in [1.29, 1.82) is 0 Å². The molecule has 0 bridgehead atoms. The fraction of sp³-hybridized carbons (Fsp3) is 0.256. The number of anilines is 1. The number of esters is 2. The van der Waals surface area contributed by atoms with Crippen LogP contribution in [0.25, 0.3) is 0 Å². The van der Waals surface area contributed by atoms with Crippen LogP contribution in [0.1, 0.15) is 49.3 Å². The standard InChI is InChI=1S/C39H37N5O12S3/c1-23-15-17-26(18-16-23)59(51,52)56-28-21-58(50)36-31(42-34(47)30(27-20-57-38(41-27)40-22-45)43-53-19-29(46)55-39(2,3)4)35(48)44(36)32(28)37(49)54-33(24-11-7-5-8-12-24)25-13-9-6-10-14-25/h5-18,20,22,31,33,36H,19,21H2,1-4H3,(H,42,47)(H,40,41,45)/b43-30+/t31?,36-,58?/m1/s1. The van der Waals surface area contributed by atoms with E-state index in [1.165, 1.54) is 29.6 Å². The SMILES string of the molecule is Cc1ccc(S(=O)(=O)OC2=C(C(=O)OC(c3ccccc3)c3ccccc3)N3C(=O)C(NC(=O)/C(=N/OCC(=O)OC(C)(C)C)c4csc(NC=O)n4)[C@H]3[S+]([O-])C2)cc1. The lowest BCUT2D eigenvalue weighted by atomic mass is 10.0. The predicted octanol–water partition coefficient (Wildman–Crippen LogP) is 3.45. The van der Waals surface area contributed by atoms with Gasteiger partial charge in [0.1, 0.15) is 16.2 Å². The molecule has 1 aromatic heterocycles. The highest BCUT2D eigenvalue weighted by Gasteiger charge is 2.62. The summed E-state index contributed by atoms with van der Waals surface area (Å²) in [5.74, 6) is -5.31. The van der Waals surface area contributed by atoms with E-state index >= 15 is 0 Å². The summed E-state index contributed by atoms with van der Waals surface area (Å²) in [6.45, 7) is 5.96. The average Bonchev–Trinajstić information content (AvgIpc) is 3.65. The third-order valence-electron chi connectivity index (χ3n) is 8.42. The minimum absolute atomic E-state index is 0.0765. The summed E-state index contributed by atoms with van der Waals surface area (Å²) in [7, 11) is -4.64. The molecular weight excluding hydrogens is 827 g/mol.